The summed E-state index contributed by atoms with van der Waals surface area (Å²) in [5, 5.41) is 2.81. The number of aromatic nitrogens is 2. The normalized spacial score (nSPS) is 21.8. The van der Waals surface area contributed by atoms with Crippen LogP contribution in [0.25, 0.3) is 0 Å². The van der Waals surface area contributed by atoms with Crippen LogP contribution in [0.3, 0.4) is 0 Å². The van der Waals surface area contributed by atoms with Crippen molar-refractivity contribution in [3.8, 4) is 6.01 Å². The first kappa shape index (κ1) is 15.0. The molecule has 110 valence electrons. The molecule has 6 nitrogen and oxygen atoms in total. The molecule has 1 saturated carbocycles. The van der Waals surface area contributed by atoms with Crippen molar-refractivity contribution in [3.05, 3.63) is 16.9 Å². The van der Waals surface area contributed by atoms with Crippen molar-refractivity contribution in [3.63, 3.8) is 0 Å². The van der Waals surface area contributed by atoms with Crippen LogP contribution in [-0.2, 0) is 4.74 Å². The van der Waals surface area contributed by atoms with E-state index in [0.717, 1.165) is 17.3 Å². The molecule has 1 aromatic heterocycles. The van der Waals surface area contributed by atoms with E-state index in [9.17, 15) is 4.79 Å². The van der Waals surface area contributed by atoms with Crippen molar-refractivity contribution in [1.82, 2.24) is 15.3 Å². The zero-order chi connectivity index (χ0) is 14.8. The van der Waals surface area contributed by atoms with Gasteiger partial charge in [-0.25, -0.2) is 14.8 Å². The number of nitrogens with zero attached hydrogens (tertiary/aromatic N) is 2. The largest absolute Gasteiger partial charge is 0.460 e. The molecular formula is C13H18BrN3O3. The van der Waals surface area contributed by atoms with E-state index in [1.165, 1.54) is 0 Å². The summed E-state index contributed by atoms with van der Waals surface area (Å²) in [4.78, 5) is 19.6. The SMILES string of the molecule is CC(C)(C)OC(=O)NC1CC(Oc2ncc(Br)cn2)C1. The second-order valence-corrected chi connectivity index (χ2v) is 6.65. The first-order valence-corrected chi connectivity index (χ1v) is 7.25. The lowest BCUT2D eigenvalue weighted by Crippen LogP contribution is -2.50. The summed E-state index contributed by atoms with van der Waals surface area (Å²) < 4.78 is 11.6. The highest BCUT2D eigenvalue weighted by Gasteiger charge is 2.33. The highest BCUT2D eigenvalue weighted by atomic mass is 79.9. The van der Waals surface area contributed by atoms with Crippen LogP contribution in [0.1, 0.15) is 33.6 Å². The van der Waals surface area contributed by atoms with E-state index >= 15 is 0 Å². The number of carbonyl (C=O) groups excluding carboxylic acids is 1. The first-order chi connectivity index (χ1) is 9.32. The number of ether oxygens (including phenoxy) is 2. The lowest BCUT2D eigenvalue weighted by molar-refractivity contribution is 0.0345. The Balaban J connectivity index is 1.70. The predicted octanol–water partition coefficient (Wildman–Crippen LogP) is 2.67. The molecule has 0 atom stereocenters. The minimum Gasteiger partial charge on any atom is -0.460 e. The third kappa shape index (κ3) is 4.63. The number of hydrogen-bond acceptors (Lipinski definition) is 5. The third-order valence-corrected chi connectivity index (χ3v) is 3.09. The molecule has 1 heterocycles. The average Bonchev–Trinajstić information content (AvgIpc) is 2.26. The van der Waals surface area contributed by atoms with Gasteiger partial charge in [-0.2, -0.15) is 0 Å². The molecule has 0 radical (unpaired) electrons. The fourth-order valence-corrected chi connectivity index (χ4v) is 1.97. The summed E-state index contributed by atoms with van der Waals surface area (Å²) in [7, 11) is 0. The van der Waals surface area contributed by atoms with Crippen LogP contribution < -0.4 is 10.1 Å². The van der Waals surface area contributed by atoms with Crippen LogP contribution in [0.5, 0.6) is 6.01 Å². The van der Waals surface area contributed by atoms with E-state index in [1.807, 2.05) is 20.8 Å². The van der Waals surface area contributed by atoms with Gasteiger partial charge in [0, 0.05) is 31.3 Å². The van der Waals surface area contributed by atoms with E-state index in [4.69, 9.17) is 9.47 Å². The van der Waals surface area contributed by atoms with Gasteiger partial charge in [-0.3, -0.25) is 0 Å². The monoisotopic (exact) mass is 343 g/mol. The fourth-order valence-electron chi connectivity index (χ4n) is 1.76. The molecule has 20 heavy (non-hydrogen) atoms. The Morgan fingerprint density at radius 2 is 1.95 bits per heavy atom. The second-order valence-electron chi connectivity index (χ2n) is 5.74. The molecule has 7 heteroatoms. The minimum absolute atomic E-state index is 0.0381. The highest BCUT2D eigenvalue weighted by molar-refractivity contribution is 9.10. The van der Waals surface area contributed by atoms with Gasteiger partial charge in [-0.15, -0.1) is 0 Å². The maximum Gasteiger partial charge on any atom is 0.407 e. The van der Waals surface area contributed by atoms with Gasteiger partial charge in [0.15, 0.2) is 0 Å². The summed E-state index contributed by atoms with van der Waals surface area (Å²) in [5.41, 5.74) is -0.477. The Morgan fingerprint density at radius 3 is 2.50 bits per heavy atom. The van der Waals surface area contributed by atoms with Gasteiger partial charge >= 0.3 is 12.1 Å². The van der Waals surface area contributed by atoms with Gasteiger partial charge in [0.25, 0.3) is 0 Å². The fraction of sp³-hybridized carbons (Fsp3) is 0.615. The van der Waals surface area contributed by atoms with Crippen LogP contribution in [0, 0.1) is 0 Å². The lowest BCUT2D eigenvalue weighted by atomic mass is 9.89. The smallest absolute Gasteiger partial charge is 0.407 e. The van der Waals surface area contributed by atoms with Crippen molar-refractivity contribution in [2.24, 2.45) is 0 Å². The van der Waals surface area contributed by atoms with Crippen LogP contribution in [0.4, 0.5) is 4.79 Å². The summed E-state index contributed by atoms with van der Waals surface area (Å²) in [6.45, 7) is 5.51. The predicted molar refractivity (Wildman–Crippen MR) is 76.5 cm³/mol. The van der Waals surface area contributed by atoms with E-state index in [0.29, 0.717) is 6.01 Å². The van der Waals surface area contributed by atoms with Crippen molar-refractivity contribution in [2.45, 2.75) is 51.4 Å². The second kappa shape index (κ2) is 5.95. The minimum atomic E-state index is -0.477. The molecule has 1 aliphatic carbocycles. The van der Waals surface area contributed by atoms with Gasteiger partial charge in [-0.1, -0.05) is 0 Å². The molecule has 0 bridgehead atoms. The molecular weight excluding hydrogens is 326 g/mol. The van der Waals surface area contributed by atoms with Crippen LogP contribution >= 0.6 is 15.9 Å². The van der Waals surface area contributed by atoms with Gasteiger partial charge in [0.1, 0.15) is 11.7 Å². The van der Waals surface area contributed by atoms with Gasteiger partial charge < -0.3 is 14.8 Å². The lowest BCUT2D eigenvalue weighted by Gasteiger charge is -2.35. The Bertz CT molecular complexity index is 467. The Kier molecular flexibility index (Phi) is 4.47. The number of amides is 1. The zero-order valence-electron chi connectivity index (χ0n) is 11.7. The maximum absolute atomic E-state index is 11.6. The molecule has 2 rings (SSSR count). The van der Waals surface area contributed by atoms with Crippen LogP contribution in [0.15, 0.2) is 16.9 Å². The average molecular weight is 344 g/mol. The van der Waals surface area contributed by atoms with Gasteiger partial charge in [-0.05, 0) is 36.7 Å². The van der Waals surface area contributed by atoms with E-state index in [1.54, 1.807) is 12.4 Å². The first-order valence-electron chi connectivity index (χ1n) is 6.45. The summed E-state index contributed by atoms with van der Waals surface area (Å²) >= 11 is 3.26. The van der Waals surface area contributed by atoms with Crippen molar-refractivity contribution in [2.75, 3.05) is 0 Å². The molecule has 0 aliphatic heterocycles. The molecule has 1 amide bonds. The number of alkyl carbamates (subject to hydrolysis) is 1. The number of carbonyl (C=O) groups is 1. The van der Waals surface area contributed by atoms with E-state index < -0.39 is 5.60 Å². The third-order valence-electron chi connectivity index (χ3n) is 2.68. The summed E-state index contributed by atoms with van der Waals surface area (Å²) in [6, 6.07) is 0.444. The van der Waals surface area contributed by atoms with Crippen LogP contribution in [0.2, 0.25) is 0 Å². The van der Waals surface area contributed by atoms with E-state index in [2.05, 4.69) is 31.2 Å². The van der Waals surface area contributed by atoms with Crippen molar-refractivity contribution in [1.29, 1.82) is 0 Å². The molecule has 0 aromatic carbocycles. The number of rotatable bonds is 3. The standard InChI is InChI=1S/C13H18BrN3O3/c1-13(2,3)20-12(18)17-9-4-10(5-9)19-11-15-6-8(14)7-16-11/h6-7,9-10H,4-5H2,1-3H3,(H,17,18). The molecule has 0 spiro atoms. The topological polar surface area (TPSA) is 73.3 Å². The Morgan fingerprint density at radius 1 is 1.35 bits per heavy atom. The molecule has 1 N–H and O–H groups in total. The molecule has 0 saturated heterocycles. The number of hydrogen-bond donors (Lipinski definition) is 1. The van der Waals surface area contributed by atoms with Gasteiger partial charge in [0.05, 0.1) is 4.47 Å². The summed E-state index contributed by atoms with van der Waals surface area (Å²) in [5.74, 6) is 0. The number of nitrogens with one attached hydrogen (secondary N) is 1. The summed E-state index contributed by atoms with van der Waals surface area (Å²) in [6.07, 6.45) is 4.39. The zero-order valence-corrected chi connectivity index (χ0v) is 13.3. The molecule has 0 unspecified atom stereocenters. The molecule has 1 aliphatic rings. The van der Waals surface area contributed by atoms with Gasteiger partial charge in [0.2, 0.25) is 0 Å². The molecule has 1 fully saturated rings. The highest BCUT2D eigenvalue weighted by Crippen LogP contribution is 2.24. The Labute approximate surface area is 126 Å². The number of halogens is 1. The molecule has 1 aromatic rings. The van der Waals surface area contributed by atoms with E-state index in [-0.39, 0.29) is 18.2 Å². The van der Waals surface area contributed by atoms with Crippen LogP contribution in [-0.4, -0.2) is 33.8 Å². The van der Waals surface area contributed by atoms with Crippen molar-refractivity contribution < 1.29 is 14.3 Å². The Hall–Kier alpha value is -1.37. The quantitative estimate of drug-likeness (QED) is 0.913. The van der Waals surface area contributed by atoms with Crippen molar-refractivity contribution >= 4 is 22.0 Å². The maximum atomic E-state index is 11.6.